The van der Waals surface area contributed by atoms with Gasteiger partial charge in [0.25, 0.3) is 0 Å². The summed E-state index contributed by atoms with van der Waals surface area (Å²) < 4.78 is 22.1. The third-order valence-electron chi connectivity index (χ3n) is 6.47. The van der Waals surface area contributed by atoms with Crippen molar-refractivity contribution in [1.82, 2.24) is 4.90 Å². The Labute approximate surface area is 183 Å². The van der Waals surface area contributed by atoms with Gasteiger partial charge in [-0.05, 0) is 62.3 Å². The van der Waals surface area contributed by atoms with Gasteiger partial charge in [0.2, 0.25) is 0 Å². The van der Waals surface area contributed by atoms with Crippen LogP contribution >= 0.6 is 0 Å². The molecule has 1 aliphatic carbocycles. The molecule has 0 saturated carbocycles. The summed E-state index contributed by atoms with van der Waals surface area (Å²) in [5, 5.41) is 0. The number of hydrogen-bond donors (Lipinski definition) is 0. The Balaban J connectivity index is 1.49. The molecular formula is C25H29NO5. The third-order valence-corrected chi connectivity index (χ3v) is 6.47. The fraction of sp³-hybridized carbons (Fsp3) is 0.400. The minimum absolute atomic E-state index is 0.0370. The highest BCUT2D eigenvalue weighted by Gasteiger charge is 2.49. The van der Waals surface area contributed by atoms with Crippen LogP contribution in [0.2, 0.25) is 0 Å². The highest BCUT2D eigenvalue weighted by atomic mass is 16.6. The van der Waals surface area contributed by atoms with Crippen molar-refractivity contribution in [1.29, 1.82) is 0 Å². The smallest absolute Gasteiger partial charge is 0.349 e. The number of fused-ring (bicyclic) bond motifs is 1. The molecule has 0 spiro atoms. The molecule has 1 aliphatic heterocycles. The minimum atomic E-state index is -0.380. The summed E-state index contributed by atoms with van der Waals surface area (Å²) in [5.41, 5.74) is 1.19. The molecule has 0 N–H and O–H groups in total. The molecule has 0 aromatic heterocycles. The number of rotatable bonds is 7. The summed E-state index contributed by atoms with van der Waals surface area (Å²) in [4.78, 5) is 14.7. The number of ether oxygens (including phenoxy) is 4. The summed E-state index contributed by atoms with van der Waals surface area (Å²) in [6, 6.07) is 15.7. The lowest BCUT2D eigenvalue weighted by Crippen LogP contribution is -2.43. The van der Waals surface area contributed by atoms with E-state index in [0.29, 0.717) is 12.2 Å². The van der Waals surface area contributed by atoms with Crippen LogP contribution in [0.3, 0.4) is 0 Å². The summed E-state index contributed by atoms with van der Waals surface area (Å²) >= 11 is 0. The molecule has 1 heterocycles. The van der Waals surface area contributed by atoms with Crippen LogP contribution in [0.4, 0.5) is 0 Å². The van der Waals surface area contributed by atoms with E-state index < -0.39 is 0 Å². The SMILES string of the molecule is COc1ccc(C23CC=C(OC(=O)COc4ccccc4)CC2N(C)CC3)cc1OC. The van der Waals surface area contributed by atoms with E-state index in [1.807, 2.05) is 36.4 Å². The second-order valence-corrected chi connectivity index (χ2v) is 8.13. The van der Waals surface area contributed by atoms with Crippen LogP contribution in [0.25, 0.3) is 0 Å². The number of esters is 1. The normalized spacial score (nSPS) is 22.9. The highest BCUT2D eigenvalue weighted by molar-refractivity contribution is 5.72. The fourth-order valence-corrected chi connectivity index (χ4v) is 4.80. The van der Waals surface area contributed by atoms with Crippen molar-refractivity contribution in [2.45, 2.75) is 30.7 Å². The van der Waals surface area contributed by atoms with Gasteiger partial charge in [0, 0.05) is 17.9 Å². The Morgan fingerprint density at radius 2 is 1.87 bits per heavy atom. The molecule has 0 amide bonds. The number of methoxy groups -OCH3 is 2. The number of carbonyl (C=O) groups is 1. The lowest BCUT2D eigenvalue weighted by molar-refractivity contribution is -0.142. The molecule has 2 aromatic carbocycles. The van der Waals surface area contributed by atoms with E-state index >= 15 is 0 Å². The standard InChI is InChI=1S/C25H29NO5/c1-26-14-13-25(18-9-10-21(28-2)22(15-18)29-3)12-11-20(16-23(25)26)31-24(27)17-30-19-7-5-4-6-8-19/h4-11,15,23H,12-14,16-17H2,1-3H3. The molecule has 31 heavy (non-hydrogen) atoms. The lowest BCUT2D eigenvalue weighted by Gasteiger charge is -2.40. The van der Waals surface area contributed by atoms with Gasteiger partial charge in [-0.25, -0.2) is 4.79 Å². The molecule has 2 unspecified atom stereocenters. The minimum Gasteiger partial charge on any atom is -0.493 e. The number of carbonyl (C=O) groups excluding carboxylic acids is 1. The zero-order valence-corrected chi connectivity index (χ0v) is 18.3. The number of allylic oxidation sites excluding steroid dienone is 1. The maximum absolute atomic E-state index is 12.3. The molecule has 0 bridgehead atoms. The van der Waals surface area contributed by atoms with E-state index in [1.54, 1.807) is 14.2 Å². The topological polar surface area (TPSA) is 57.2 Å². The van der Waals surface area contributed by atoms with E-state index in [4.69, 9.17) is 18.9 Å². The Morgan fingerprint density at radius 3 is 2.61 bits per heavy atom. The molecular weight excluding hydrogens is 394 g/mol. The molecule has 164 valence electrons. The second-order valence-electron chi connectivity index (χ2n) is 8.13. The molecule has 2 aromatic rings. The van der Waals surface area contributed by atoms with Crippen molar-refractivity contribution in [2.75, 3.05) is 34.4 Å². The average molecular weight is 424 g/mol. The Hall–Kier alpha value is -2.99. The van der Waals surface area contributed by atoms with Gasteiger partial charge < -0.3 is 23.8 Å². The molecule has 2 aliphatic rings. The lowest BCUT2D eigenvalue weighted by atomic mass is 9.68. The van der Waals surface area contributed by atoms with Crippen molar-refractivity contribution >= 4 is 5.97 Å². The van der Waals surface area contributed by atoms with Crippen LogP contribution in [0.15, 0.2) is 60.4 Å². The van der Waals surface area contributed by atoms with Crippen molar-refractivity contribution in [2.24, 2.45) is 0 Å². The monoisotopic (exact) mass is 423 g/mol. The van der Waals surface area contributed by atoms with Crippen molar-refractivity contribution < 1.29 is 23.7 Å². The van der Waals surface area contributed by atoms with E-state index in [-0.39, 0.29) is 24.0 Å². The average Bonchev–Trinajstić information content (AvgIpc) is 3.15. The maximum atomic E-state index is 12.3. The Morgan fingerprint density at radius 1 is 1.10 bits per heavy atom. The first-order valence-electron chi connectivity index (χ1n) is 10.6. The number of hydrogen-bond acceptors (Lipinski definition) is 6. The molecule has 0 radical (unpaired) electrons. The third kappa shape index (κ3) is 4.26. The van der Waals surface area contributed by atoms with Crippen LogP contribution in [0.1, 0.15) is 24.8 Å². The van der Waals surface area contributed by atoms with Gasteiger partial charge in [0.1, 0.15) is 11.5 Å². The zero-order valence-electron chi connectivity index (χ0n) is 18.3. The summed E-state index contributed by atoms with van der Waals surface area (Å²) in [6.07, 6.45) is 4.59. The van der Waals surface area contributed by atoms with Gasteiger partial charge in [-0.1, -0.05) is 24.3 Å². The summed E-state index contributed by atoms with van der Waals surface area (Å²) in [5.74, 6) is 2.46. The first-order valence-corrected chi connectivity index (χ1v) is 10.6. The quantitative estimate of drug-likeness (QED) is 0.629. The first kappa shape index (κ1) is 21.2. The number of nitrogens with zero attached hydrogens (tertiary/aromatic N) is 1. The molecule has 1 saturated heterocycles. The number of para-hydroxylation sites is 1. The van der Waals surface area contributed by atoms with Crippen molar-refractivity contribution in [3.8, 4) is 17.2 Å². The van der Waals surface area contributed by atoms with Gasteiger partial charge in [-0.15, -0.1) is 0 Å². The zero-order chi connectivity index (χ0) is 21.8. The molecule has 6 heteroatoms. The van der Waals surface area contributed by atoms with Crippen molar-refractivity contribution in [3.05, 3.63) is 65.9 Å². The predicted molar refractivity (Wildman–Crippen MR) is 118 cm³/mol. The highest BCUT2D eigenvalue weighted by Crippen LogP contribution is 2.49. The van der Waals surface area contributed by atoms with Crippen LogP contribution < -0.4 is 14.2 Å². The number of likely N-dealkylation sites (N-methyl/N-ethyl adjacent to an activating group) is 1. The van der Waals surface area contributed by atoms with Crippen LogP contribution in [-0.2, 0) is 14.9 Å². The number of benzene rings is 2. The Kier molecular flexibility index (Phi) is 6.18. The Bertz CT molecular complexity index is 958. The fourth-order valence-electron chi connectivity index (χ4n) is 4.80. The first-order chi connectivity index (χ1) is 15.1. The van der Waals surface area contributed by atoms with Gasteiger partial charge in [-0.2, -0.15) is 0 Å². The van der Waals surface area contributed by atoms with E-state index in [1.165, 1.54) is 5.56 Å². The van der Waals surface area contributed by atoms with Gasteiger partial charge >= 0.3 is 5.97 Å². The van der Waals surface area contributed by atoms with Crippen LogP contribution in [-0.4, -0.2) is 51.3 Å². The molecule has 2 atom stereocenters. The maximum Gasteiger partial charge on any atom is 0.349 e. The van der Waals surface area contributed by atoms with Gasteiger partial charge in [0.15, 0.2) is 18.1 Å². The number of likely N-dealkylation sites (tertiary alicyclic amines) is 1. The molecule has 1 fully saturated rings. The molecule has 4 rings (SSSR count). The molecule has 6 nitrogen and oxygen atoms in total. The van der Waals surface area contributed by atoms with E-state index in [0.717, 1.165) is 36.6 Å². The van der Waals surface area contributed by atoms with Crippen LogP contribution in [0.5, 0.6) is 17.2 Å². The van der Waals surface area contributed by atoms with E-state index in [9.17, 15) is 4.79 Å². The van der Waals surface area contributed by atoms with Crippen molar-refractivity contribution in [3.63, 3.8) is 0 Å². The summed E-state index contributed by atoms with van der Waals surface area (Å²) in [7, 11) is 5.44. The van der Waals surface area contributed by atoms with Crippen LogP contribution in [0, 0.1) is 0 Å². The largest absolute Gasteiger partial charge is 0.493 e. The second kappa shape index (κ2) is 9.02. The van der Waals surface area contributed by atoms with Gasteiger partial charge in [-0.3, -0.25) is 0 Å². The van der Waals surface area contributed by atoms with E-state index in [2.05, 4.69) is 30.2 Å². The van der Waals surface area contributed by atoms with Gasteiger partial charge in [0.05, 0.1) is 14.2 Å². The summed E-state index contributed by atoms with van der Waals surface area (Å²) in [6.45, 7) is 0.883. The predicted octanol–water partition coefficient (Wildman–Crippen LogP) is 3.95.